The molecule has 0 bridgehead atoms. The van der Waals surface area contributed by atoms with Crippen LogP contribution in [0.2, 0.25) is 0 Å². The summed E-state index contributed by atoms with van der Waals surface area (Å²) in [5.41, 5.74) is -0.959. The van der Waals surface area contributed by atoms with Crippen molar-refractivity contribution in [1.29, 1.82) is 0 Å². The van der Waals surface area contributed by atoms with E-state index in [4.69, 9.17) is 0 Å². The molecule has 19 heavy (non-hydrogen) atoms. The van der Waals surface area contributed by atoms with E-state index in [1.165, 1.54) is 0 Å². The van der Waals surface area contributed by atoms with Crippen LogP contribution < -0.4 is 0 Å². The summed E-state index contributed by atoms with van der Waals surface area (Å²) in [7, 11) is 0. The smallest absolute Gasteiger partial charge is 0.307 e. The Morgan fingerprint density at radius 1 is 1.21 bits per heavy atom. The van der Waals surface area contributed by atoms with E-state index in [9.17, 15) is 19.8 Å². The van der Waals surface area contributed by atoms with E-state index in [0.29, 0.717) is 19.4 Å². The van der Waals surface area contributed by atoms with Crippen LogP contribution in [0.3, 0.4) is 0 Å². The molecule has 1 amide bonds. The number of aliphatic hydroxyl groups is 1. The van der Waals surface area contributed by atoms with Crippen LogP contribution in [-0.4, -0.2) is 45.7 Å². The molecule has 0 aromatic carbocycles. The fraction of sp³-hybridized carbons (Fsp3) is 0.857. The van der Waals surface area contributed by atoms with Gasteiger partial charge in [-0.25, -0.2) is 0 Å². The molecule has 0 heterocycles. The van der Waals surface area contributed by atoms with Crippen molar-refractivity contribution in [2.24, 2.45) is 11.8 Å². The first kappa shape index (κ1) is 16.0. The molecule has 1 saturated carbocycles. The van der Waals surface area contributed by atoms with Crippen LogP contribution in [0.1, 0.15) is 46.5 Å². The Morgan fingerprint density at radius 3 is 2.16 bits per heavy atom. The summed E-state index contributed by atoms with van der Waals surface area (Å²) in [5.74, 6) is -2.01. The molecule has 1 fully saturated rings. The van der Waals surface area contributed by atoms with E-state index in [1.807, 2.05) is 6.92 Å². The Labute approximate surface area is 114 Å². The van der Waals surface area contributed by atoms with Gasteiger partial charge in [0.1, 0.15) is 0 Å². The predicted molar refractivity (Wildman–Crippen MR) is 71.6 cm³/mol. The molecule has 0 aromatic rings. The summed E-state index contributed by atoms with van der Waals surface area (Å²) < 4.78 is 0. The van der Waals surface area contributed by atoms with Crippen molar-refractivity contribution in [1.82, 2.24) is 4.90 Å². The van der Waals surface area contributed by atoms with Gasteiger partial charge in [0, 0.05) is 13.1 Å². The summed E-state index contributed by atoms with van der Waals surface area (Å²) in [6.07, 6.45) is 2.99. The summed E-state index contributed by atoms with van der Waals surface area (Å²) >= 11 is 0. The fourth-order valence-corrected chi connectivity index (χ4v) is 2.77. The lowest BCUT2D eigenvalue weighted by atomic mass is 9.78. The highest BCUT2D eigenvalue weighted by Gasteiger charge is 2.38. The third-order valence-corrected chi connectivity index (χ3v) is 3.67. The van der Waals surface area contributed by atoms with E-state index in [0.717, 1.165) is 12.8 Å². The zero-order chi connectivity index (χ0) is 14.6. The number of carbonyl (C=O) groups is 2. The molecule has 0 radical (unpaired) electrons. The topological polar surface area (TPSA) is 77.8 Å². The van der Waals surface area contributed by atoms with Gasteiger partial charge in [0.2, 0.25) is 5.91 Å². The molecular formula is C14H25NO4. The molecule has 0 aliphatic heterocycles. The first-order valence-corrected chi connectivity index (χ1v) is 7.00. The van der Waals surface area contributed by atoms with Crippen molar-refractivity contribution in [3.05, 3.63) is 0 Å². The molecule has 1 aliphatic rings. The molecule has 0 saturated heterocycles. The summed E-state index contributed by atoms with van der Waals surface area (Å²) in [5, 5.41) is 19.1. The number of aliphatic carboxylic acids is 1. The van der Waals surface area contributed by atoms with E-state index < -0.39 is 23.4 Å². The van der Waals surface area contributed by atoms with Crippen LogP contribution in [-0.2, 0) is 9.59 Å². The van der Waals surface area contributed by atoms with Crippen LogP contribution >= 0.6 is 0 Å². The van der Waals surface area contributed by atoms with Gasteiger partial charge in [-0.05, 0) is 33.6 Å². The normalized spacial score (nSPS) is 24.0. The second-order valence-corrected chi connectivity index (χ2v) is 6.00. The number of carboxylic acids is 1. The first-order chi connectivity index (χ1) is 8.76. The van der Waals surface area contributed by atoms with Gasteiger partial charge in [-0.1, -0.05) is 12.8 Å². The minimum Gasteiger partial charge on any atom is -0.481 e. The second-order valence-electron chi connectivity index (χ2n) is 6.00. The summed E-state index contributed by atoms with van der Waals surface area (Å²) in [6, 6.07) is 0. The van der Waals surface area contributed by atoms with Crippen LogP contribution in [0, 0.1) is 11.8 Å². The summed E-state index contributed by atoms with van der Waals surface area (Å²) in [6.45, 7) is 5.88. The lowest BCUT2D eigenvalue weighted by molar-refractivity contribution is -0.153. The number of carbonyl (C=O) groups excluding carboxylic acids is 1. The molecule has 0 unspecified atom stereocenters. The lowest BCUT2D eigenvalue weighted by Gasteiger charge is -2.34. The molecule has 0 spiro atoms. The lowest BCUT2D eigenvalue weighted by Crippen LogP contribution is -2.47. The van der Waals surface area contributed by atoms with Gasteiger partial charge in [-0.15, -0.1) is 0 Å². The Balaban J connectivity index is 2.79. The van der Waals surface area contributed by atoms with E-state index in [-0.39, 0.29) is 12.5 Å². The molecule has 1 aliphatic carbocycles. The Bertz CT molecular complexity index is 335. The van der Waals surface area contributed by atoms with Crippen molar-refractivity contribution in [2.75, 3.05) is 13.1 Å². The monoisotopic (exact) mass is 271 g/mol. The average Bonchev–Trinajstić information content (AvgIpc) is 2.34. The van der Waals surface area contributed by atoms with Gasteiger partial charge in [0.15, 0.2) is 0 Å². The number of carboxylic acid groups (broad SMARTS) is 1. The van der Waals surface area contributed by atoms with Crippen LogP contribution in [0.4, 0.5) is 0 Å². The van der Waals surface area contributed by atoms with Crippen molar-refractivity contribution in [3.8, 4) is 0 Å². The maximum absolute atomic E-state index is 12.5. The van der Waals surface area contributed by atoms with E-state index >= 15 is 0 Å². The van der Waals surface area contributed by atoms with Crippen molar-refractivity contribution in [2.45, 2.75) is 52.1 Å². The molecule has 0 aromatic heterocycles. The number of hydrogen-bond donors (Lipinski definition) is 2. The highest BCUT2D eigenvalue weighted by Crippen LogP contribution is 2.32. The van der Waals surface area contributed by atoms with Gasteiger partial charge >= 0.3 is 5.97 Å². The van der Waals surface area contributed by atoms with Crippen LogP contribution in [0.5, 0.6) is 0 Å². The Hall–Kier alpha value is -1.10. The maximum Gasteiger partial charge on any atom is 0.307 e. The predicted octanol–water partition coefficient (Wildman–Crippen LogP) is 1.50. The molecule has 2 atom stereocenters. The molecular weight excluding hydrogens is 246 g/mol. The molecule has 5 nitrogen and oxygen atoms in total. The zero-order valence-corrected chi connectivity index (χ0v) is 12.1. The zero-order valence-electron chi connectivity index (χ0n) is 12.1. The van der Waals surface area contributed by atoms with Gasteiger partial charge < -0.3 is 15.1 Å². The number of nitrogens with zero attached hydrogens (tertiary/aromatic N) is 1. The molecule has 5 heteroatoms. The quantitative estimate of drug-likeness (QED) is 0.794. The number of amides is 1. The van der Waals surface area contributed by atoms with E-state index in [2.05, 4.69) is 0 Å². The SMILES string of the molecule is CCN(CC(C)(C)O)C(=O)[C@@H]1CCCC[C@@H]1C(=O)O. The third kappa shape index (κ3) is 4.49. The van der Waals surface area contributed by atoms with Gasteiger partial charge in [0.25, 0.3) is 0 Å². The Kier molecular flexibility index (Phi) is 5.35. The third-order valence-electron chi connectivity index (χ3n) is 3.67. The highest BCUT2D eigenvalue weighted by atomic mass is 16.4. The van der Waals surface area contributed by atoms with E-state index in [1.54, 1.807) is 18.7 Å². The second kappa shape index (κ2) is 6.37. The van der Waals surface area contributed by atoms with Gasteiger partial charge in [-0.2, -0.15) is 0 Å². The van der Waals surface area contributed by atoms with Crippen molar-refractivity contribution in [3.63, 3.8) is 0 Å². The minimum atomic E-state index is -0.959. The summed E-state index contributed by atoms with van der Waals surface area (Å²) in [4.78, 5) is 25.3. The first-order valence-electron chi connectivity index (χ1n) is 7.00. The Morgan fingerprint density at radius 2 is 1.74 bits per heavy atom. The van der Waals surface area contributed by atoms with Crippen molar-refractivity contribution >= 4 is 11.9 Å². The van der Waals surface area contributed by atoms with Crippen LogP contribution in [0.25, 0.3) is 0 Å². The number of hydrogen-bond acceptors (Lipinski definition) is 3. The highest BCUT2D eigenvalue weighted by molar-refractivity contribution is 5.85. The number of likely N-dealkylation sites (N-methyl/N-ethyl adjacent to an activating group) is 1. The number of rotatable bonds is 5. The van der Waals surface area contributed by atoms with Crippen molar-refractivity contribution < 1.29 is 19.8 Å². The van der Waals surface area contributed by atoms with Gasteiger partial charge in [0.05, 0.1) is 17.4 Å². The molecule has 110 valence electrons. The van der Waals surface area contributed by atoms with Gasteiger partial charge in [-0.3, -0.25) is 9.59 Å². The molecule has 2 N–H and O–H groups in total. The maximum atomic E-state index is 12.5. The van der Waals surface area contributed by atoms with Crippen LogP contribution in [0.15, 0.2) is 0 Å². The largest absolute Gasteiger partial charge is 0.481 e. The standard InChI is InChI=1S/C14H25NO4/c1-4-15(9-14(2,3)19)12(16)10-7-5-6-8-11(10)13(17)18/h10-11,19H,4-9H2,1-3H3,(H,17,18)/t10-,11+/m1/s1. The average molecular weight is 271 g/mol. The molecule has 1 rings (SSSR count). The minimum absolute atomic E-state index is 0.128. The fourth-order valence-electron chi connectivity index (χ4n) is 2.77.